The van der Waals surface area contributed by atoms with Gasteiger partial charge in [0.15, 0.2) is 0 Å². The summed E-state index contributed by atoms with van der Waals surface area (Å²) in [4.78, 5) is 11.1. The number of hydrogen-bond donors (Lipinski definition) is 2. The maximum atomic E-state index is 11.1. The molecule has 5 nitrogen and oxygen atoms in total. The zero-order valence-electron chi connectivity index (χ0n) is 11.6. The molecule has 0 radical (unpaired) electrons. The number of carbonyl (C=O) groups is 1. The van der Waals surface area contributed by atoms with Gasteiger partial charge in [-0.15, -0.1) is 0 Å². The molecule has 0 aliphatic rings. The summed E-state index contributed by atoms with van der Waals surface area (Å²) < 4.78 is 2.78. The van der Waals surface area contributed by atoms with Crippen LogP contribution in [0.2, 0.25) is 0 Å². The van der Waals surface area contributed by atoms with Crippen LogP contribution < -0.4 is 5.32 Å². The highest BCUT2D eigenvalue weighted by Crippen LogP contribution is 2.11. The summed E-state index contributed by atoms with van der Waals surface area (Å²) in [6.07, 6.45) is 4.34. The van der Waals surface area contributed by atoms with Crippen LogP contribution in [0.25, 0.3) is 0 Å². The van der Waals surface area contributed by atoms with Crippen LogP contribution in [0, 0.1) is 11.8 Å². The van der Waals surface area contributed by atoms with Crippen molar-refractivity contribution in [3.05, 3.63) is 16.9 Å². The molecule has 1 rings (SSSR count). The van der Waals surface area contributed by atoms with E-state index in [0.29, 0.717) is 18.9 Å². The molecule has 108 valence electrons. The largest absolute Gasteiger partial charge is 0.481 e. The van der Waals surface area contributed by atoms with Gasteiger partial charge in [0.25, 0.3) is 0 Å². The molecule has 6 heteroatoms. The molecule has 0 aliphatic carbocycles. The summed E-state index contributed by atoms with van der Waals surface area (Å²) in [5.41, 5.74) is 0. The second-order valence-electron chi connectivity index (χ2n) is 5.35. The molecular weight excluding hydrogens is 310 g/mol. The topological polar surface area (TPSA) is 67.2 Å². The molecule has 0 saturated carbocycles. The third-order valence-electron chi connectivity index (χ3n) is 2.88. The minimum Gasteiger partial charge on any atom is -0.481 e. The van der Waals surface area contributed by atoms with Gasteiger partial charge in [0.2, 0.25) is 0 Å². The number of hydrogen-bond acceptors (Lipinski definition) is 3. The third kappa shape index (κ3) is 6.20. The fourth-order valence-electron chi connectivity index (χ4n) is 1.97. The first kappa shape index (κ1) is 16.2. The molecule has 0 bridgehead atoms. The van der Waals surface area contributed by atoms with Crippen molar-refractivity contribution in [3.8, 4) is 0 Å². The van der Waals surface area contributed by atoms with Gasteiger partial charge in [0.1, 0.15) is 0 Å². The highest BCUT2D eigenvalue weighted by atomic mass is 79.9. The van der Waals surface area contributed by atoms with Gasteiger partial charge in [0.05, 0.1) is 23.1 Å². The Labute approximate surface area is 122 Å². The van der Waals surface area contributed by atoms with Crippen molar-refractivity contribution in [1.29, 1.82) is 0 Å². The fraction of sp³-hybridized carbons (Fsp3) is 0.692. The Kier molecular flexibility index (Phi) is 6.51. The zero-order valence-corrected chi connectivity index (χ0v) is 13.2. The van der Waals surface area contributed by atoms with Gasteiger partial charge < -0.3 is 10.4 Å². The smallest absolute Gasteiger partial charge is 0.307 e. The number of halogens is 1. The lowest BCUT2D eigenvalue weighted by atomic mass is 9.97. The lowest BCUT2D eigenvalue weighted by Gasteiger charge is -2.19. The van der Waals surface area contributed by atoms with E-state index in [1.165, 1.54) is 0 Å². The highest BCUT2D eigenvalue weighted by molar-refractivity contribution is 9.10. The van der Waals surface area contributed by atoms with Crippen molar-refractivity contribution in [1.82, 2.24) is 15.1 Å². The van der Waals surface area contributed by atoms with Crippen LogP contribution in [0.5, 0.6) is 0 Å². The Morgan fingerprint density at radius 3 is 2.68 bits per heavy atom. The third-order valence-corrected chi connectivity index (χ3v) is 3.29. The Morgan fingerprint density at radius 1 is 1.53 bits per heavy atom. The summed E-state index contributed by atoms with van der Waals surface area (Å²) in [6, 6.07) is 0.181. The van der Waals surface area contributed by atoms with E-state index in [9.17, 15) is 4.79 Å². The predicted octanol–water partition coefficient (Wildman–Crippen LogP) is 2.37. The summed E-state index contributed by atoms with van der Waals surface area (Å²) in [7, 11) is 0. The van der Waals surface area contributed by atoms with Crippen molar-refractivity contribution < 1.29 is 9.90 Å². The predicted molar refractivity (Wildman–Crippen MR) is 78.0 cm³/mol. The van der Waals surface area contributed by atoms with E-state index in [2.05, 4.69) is 26.3 Å². The number of nitrogens with one attached hydrogen (secondary N) is 1. The quantitative estimate of drug-likeness (QED) is 0.767. The summed E-state index contributed by atoms with van der Waals surface area (Å²) in [6.45, 7) is 7.34. The number of aromatic nitrogens is 2. The van der Waals surface area contributed by atoms with Crippen molar-refractivity contribution in [2.75, 3.05) is 6.54 Å². The van der Waals surface area contributed by atoms with Crippen molar-refractivity contribution >= 4 is 21.9 Å². The van der Waals surface area contributed by atoms with Gasteiger partial charge in [0, 0.05) is 18.8 Å². The molecule has 2 N–H and O–H groups in total. The van der Waals surface area contributed by atoms with Crippen LogP contribution in [0.4, 0.5) is 0 Å². The standard InChI is InChI=1S/C13H22BrN3O2/c1-9(2)4-11(13(18)19)5-15-10(3)7-17-8-12(14)6-16-17/h6,8-11,15H,4-5,7H2,1-3H3,(H,18,19). The minimum atomic E-state index is -0.727. The van der Waals surface area contributed by atoms with Crippen LogP contribution in [0.1, 0.15) is 27.2 Å². The fourth-order valence-corrected chi connectivity index (χ4v) is 2.30. The zero-order chi connectivity index (χ0) is 14.4. The molecule has 0 aliphatic heterocycles. The van der Waals surface area contributed by atoms with E-state index in [1.807, 2.05) is 31.6 Å². The molecule has 1 aromatic heterocycles. The van der Waals surface area contributed by atoms with Crippen molar-refractivity contribution in [2.45, 2.75) is 39.8 Å². The maximum absolute atomic E-state index is 11.1. The van der Waals surface area contributed by atoms with Gasteiger partial charge in [-0.25, -0.2) is 0 Å². The molecule has 19 heavy (non-hydrogen) atoms. The number of carboxylic acids is 1. The highest BCUT2D eigenvalue weighted by Gasteiger charge is 2.19. The Morgan fingerprint density at radius 2 is 2.21 bits per heavy atom. The van der Waals surface area contributed by atoms with E-state index < -0.39 is 5.97 Å². The molecule has 2 unspecified atom stereocenters. The molecule has 1 heterocycles. The van der Waals surface area contributed by atoms with Gasteiger partial charge in [-0.1, -0.05) is 13.8 Å². The molecule has 0 fully saturated rings. The lowest BCUT2D eigenvalue weighted by molar-refractivity contribution is -0.142. The van der Waals surface area contributed by atoms with E-state index in [0.717, 1.165) is 11.0 Å². The number of nitrogens with zero attached hydrogens (tertiary/aromatic N) is 2. The second kappa shape index (κ2) is 7.65. The van der Waals surface area contributed by atoms with Gasteiger partial charge in [-0.3, -0.25) is 9.48 Å². The molecule has 0 spiro atoms. The molecular formula is C13H22BrN3O2. The van der Waals surface area contributed by atoms with Crippen molar-refractivity contribution in [3.63, 3.8) is 0 Å². The van der Waals surface area contributed by atoms with Crippen LogP contribution >= 0.6 is 15.9 Å². The van der Waals surface area contributed by atoms with Crippen LogP contribution in [-0.2, 0) is 11.3 Å². The van der Waals surface area contributed by atoms with Crippen LogP contribution in [-0.4, -0.2) is 33.4 Å². The Balaban J connectivity index is 2.39. The SMILES string of the molecule is CC(C)CC(CNC(C)Cn1cc(Br)cn1)C(=O)O. The number of rotatable bonds is 8. The van der Waals surface area contributed by atoms with Gasteiger partial charge in [-0.05, 0) is 35.2 Å². The monoisotopic (exact) mass is 331 g/mol. The van der Waals surface area contributed by atoms with Gasteiger partial charge in [-0.2, -0.15) is 5.10 Å². The van der Waals surface area contributed by atoms with E-state index in [4.69, 9.17) is 5.11 Å². The first-order valence-corrected chi connectivity index (χ1v) is 7.32. The van der Waals surface area contributed by atoms with E-state index in [1.54, 1.807) is 6.20 Å². The number of aliphatic carboxylic acids is 1. The number of carboxylic acid groups (broad SMARTS) is 1. The van der Waals surface area contributed by atoms with E-state index >= 15 is 0 Å². The second-order valence-corrected chi connectivity index (χ2v) is 6.27. The molecule has 2 atom stereocenters. The average Bonchev–Trinajstić information content (AvgIpc) is 2.69. The lowest BCUT2D eigenvalue weighted by Crippen LogP contribution is -2.37. The first-order chi connectivity index (χ1) is 8.88. The molecule has 0 aromatic carbocycles. The first-order valence-electron chi connectivity index (χ1n) is 6.52. The van der Waals surface area contributed by atoms with Gasteiger partial charge >= 0.3 is 5.97 Å². The average molecular weight is 332 g/mol. The summed E-state index contributed by atoms with van der Waals surface area (Å²) in [5, 5.41) is 16.6. The van der Waals surface area contributed by atoms with Crippen molar-refractivity contribution in [2.24, 2.45) is 11.8 Å². The molecule has 0 amide bonds. The molecule has 1 aromatic rings. The Bertz CT molecular complexity index is 406. The maximum Gasteiger partial charge on any atom is 0.307 e. The Hall–Kier alpha value is -0.880. The normalized spacial score (nSPS) is 14.6. The minimum absolute atomic E-state index is 0.181. The van der Waals surface area contributed by atoms with Crippen LogP contribution in [0.15, 0.2) is 16.9 Å². The molecule has 0 saturated heterocycles. The summed E-state index contributed by atoms with van der Waals surface area (Å²) >= 11 is 3.35. The summed E-state index contributed by atoms with van der Waals surface area (Å²) in [5.74, 6) is -0.665. The van der Waals surface area contributed by atoms with E-state index in [-0.39, 0.29) is 12.0 Å². The van der Waals surface area contributed by atoms with Crippen LogP contribution in [0.3, 0.4) is 0 Å².